The van der Waals surface area contributed by atoms with Crippen LogP contribution in [0.25, 0.3) is 10.9 Å². The molecular weight excluding hydrogens is 464 g/mol. The number of aromatic nitrogens is 1. The van der Waals surface area contributed by atoms with E-state index in [-0.39, 0.29) is 0 Å². The molecule has 3 aromatic rings. The Balaban J connectivity index is 2.15. The van der Waals surface area contributed by atoms with Crippen molar-refractivity contribution in [2.24, 2.45) is 0 Å². The molecule has 1 aromatic heterocycles. The van der Waals surface area contributed by atoms with Crippen LogP contribution in [-0.2, 0) is 0 Å². The van der Waals surface area contributed by atoms with Gasteiger partial charge < -0.3 is 10.5 Å². The van der Waals surface area contributed by atoms with E-state index in [1.807, 2.05) is 36.4 Å². The fourth-order valence-electron chi connectivity index (χ4n) is 1.94. The summed E-state index contributed by atoms with van der Waals surface area (Å²) in [7, 11) is 0. The lowest BCUT2D eigenvalue weighted by molar-refractivity contribution is 0.487. The SMILES string of the molecule is Nc1cnc2ccc(Br)cc2c1Oc1ccc(Br)cc1Br. The van der Waals surface area contributed by atoms with E-state index in [2.05, 4.69) is 52.8 Å². The molecule has 0 spiro atoms. The number of rotatable bonds is 2. The second kappa shape index (κ2) is 5.94. The van der Waals surface area contributed by atoms with Gasteiger partial charge in [-0.3, -0.25) is 4.98 Å². The lowest BCUT2D eigenvalue weighted by Gasteiger charge is -2.13. The van der Waals surface area contributed by atoms with Gasteiger partial charge in [0.25, 0.3) is 0 Å². The minimum Gasteiger partial charge on any atom is -0.453 e. The number of hydrogen-bond donors (Lipinski definition) is 1. The largest absolute Gasteiger partial charge is 0.453 e. The Labute approximate surface area is 146 Å². The van der Waals surface area contributed by atoms with Crippen molar-refractivity contribution in [1.82, 2.24) is 4.98 Å². The minimum absolute atomic E-state index is 0.496. The number of benzene rings is 2. The van der Waals surface area contributed by atoms with E-state index in [0.717, 1.165) is 24.3 Å². The van der Waals surface area contributed by atoms with Crippen molar-refractivity contribution in [2.45, 2.75) is 0 Å². The Bertz CT molecular complexity index is 831. The molecule has 1 heterocycles. The molecule has 3 nitrogen and oxygen atoms in total. The van der Waals surface area contributed by atoms with Gasteiger partial charge in [0, 0.05) is 14.3 Å². The van der Waals surface area contributed by atoms with Crippen LogP contribution in [0.4, 0.5) is 5.69 Å². The van der Waals surface area contributed by atoms with Crippen LogP contribution in [0.1, 0.15) is 0 Å². The Morgan fingerprint density at radius 1 is 0.952 bits per heavy atom. The smallest absolute Gasteiger partial charge is 0.161 e. The van der Waals surface area contributed by atoms with Gasteiger partial charge in [0.1, 0.15) is 5.75 Å². The fraction of sp³-hybridized carbons (Fsp3) is 0. The Morgan fingerprint density at radius 3 is 2.43 bits per heavy atom. The predicted molar refractivity (Wildman–Crippen MR) is 95.8 cm³/mol. The normalized spacial score (nSPS) is 10.8. The standard InChI is InChI=1S/C15H9Br3N2O/c16-8-1-3-13-10(5-8)15(12(19)7-20-13)21-14-4-2-9(17)6-11(14)18/h1-7H,19H2. The number of nitrogens with two attached hydrogens (primary N) is 1. The second-order valence-corrected chi connectivity index (χ2v) is 7.07. The van der Waals surface area contributed by atoms with Gasteiger partial charge in [0.15, 0.2) is 5.75 Å². The highest BCUT2D eigenvalue weighted by atomic mass is 79.9. The van der Waals surface area contributed by atoms with Gasteiger partial charge in [-0.2, -0.15) is 0 Å². The molecule has 0 radical (unpaired) electrons. The summed E-state index contributed by atoms with van der Waals surface area (Å²) in [6.07, 6.45) is 1.61. The third-order valence-corrected chi connectivity index (χ3v) is 4.52. The first-order chi connectivity index (χ1) is 10.0. The van der Waals surface area contributed by atoms with Crippen molar-refractivity contribution in [2.75, 3.05) is 5.73 Å². The number of pyridine rings is 1. The molecule has 0 aliphatic heterocycles. The maximum absolute atomic E-state index is 6.04. The highest BCUT2D eigenvalue weighted by Crippen LogP contribution is 2.38. The van der Waals surface area contributed by atoms with E-state index >= 15 is 0 Å². The van der Waals surface area contributed by atoms with Gasteiger partial charge in [-0.1, -0.05) is 31.9 Å². The first-order valence-electron chi connectivity index (χ1n) is 6.01. The van der Waals surface area contributed by atoms with Gasteiger partial charge >= 0.3 is 0 Å². The van der Waals surface area contributed by atoms with E-state index in [0.29, 0.717) is 17.2 Å². The summed E-state index contributed by atoms with van der Waals surface area (Å²) >= 11 is 10.4. The molecule has 0 amide bonds. The molecular formula is C15H9Br3N2O. The zero-order chi connectivity index (χ0) is 15.0. The maximum atomic E-state index is 6.04. The van der Waals surface area contributed by atoms with Crippen molar-refractivity contribution in [3.63, 3.8) is 0 Å². The summed E-state index contributed by atoms with van der Waals surface area (Å²) < 4.78 is 8.77. The van der Waals surface area contributed by atoms with Crippen molar-refractivity contribution >= 4 is 64.4 Å². The number of halogens is 3. The molecule has 0 fully saturated rings. The zero-order valence-electron chi connectivity index (χ0n) is 10.6. The van der Waals surface area contributed by atoms with Crippen LogP contribution in [0.15, 0.2) is 56.0 Å². The van der Waals surface area contributed by atoms with E-state index in [9.17, 15) is 0 Å². The third kappa shape index (κ3) is 3.07. The van der Waals surface area contributed by atoms with Crippen LogP contribution < -0.4 is 10.5 Å². The van der Waals surface area contributed by atoms with Crippen LogP contribution in [0, 0.1) is 0 Å². The minimum atomic E-state index is 0.496. The maximum Gasteiger partial charge on any atom is 0.161 e. The highest BCUT2D eigenvalue weighted by Gasteiger charge is 2.12. The first kappa shape index (κ1) is 14.8. The first-order valence-corrected chi connectivity index (χ1v) is 8.39. The lowest BCUT2D eigenvalue weighted by atomic mass is 10.2. The number of ether oxygens (including phenoxy) is 1. The molecule has 2 N–H and O–H groups in total. The number of anilines is 1. The molecule has 0 unspecified atom stereocenters. The predicted octanol–water partition coefficient (Wildman–Crippen LogP) is 5.90. The number of hydrogen-bond acceptors (Lipinski definition) is 3. The molecule has 6 heteroatoms. The van der Waals surface area contributed by atoms with E-state index in [1.165, 1.54) is 0 Å². The molecule has 3 rings (SSSR count). The molecule has 0 saturated carbocycles. The van der Waals surface area contributed by atoms with Crippen LogP contribution in [0.2, 0.25) is 0 Å². The van der Waals surface area contributed by atoms with E-state index in [1.54, 1.807) is 6.20 Å². The second-order valence-electron chi connectivity index (χ2n) is 4.38. The number of nitrogen functional groups attached to an aromatic ring is 1. The molecule has 21 heavy (non-hydrogen) atoms. The molecule has 0 aliphatic carbocycles. The Kier molecular flexibility index (Phi) is 4.19. The molecule has 0 saturated heterocycles. The molecule has 2 aromatic carbocycles. The van der Waals surface area contributed by atoms with Crippen LogP contribution in [0.3, 0.4) is 0 Å². The lowest BCUT2D eigenvalue weighted by Crippen LogP contribution is -1.95. The summed E-state index contributed by atoms with van der Waals surface area (Å²) in [5, 5.41) is 0.860. The van der Waals surface area contributed by atoms with Crippen LogP contribution in [-0.4, -0.2) is 4.98 Å². The van der Waals surface area contributed by atoms with Gasteiger partial charge in [-0.15, -0.1) is 0 Å². The van der Waals surface area contributed by atoms with Gasteiger partial charge in [0.2, 0.25) is 0 Å². The van der Waals surface area contributed by atoms with Crippen LogP contribution in [0.5, 0.6) is 11.5 Å². The summed E-state index contributed by atoms with van der Waals surface area (Å²) in [5.41, 5.74) is 7.36. The summed E-state index contributed by atoms with van der Waals surface area (Å²) in [6.45, 7) is 0. The van der Waals surface area contributed by atoms with E-state index < -0.39 is 0 Å². The van der Waals surface area contributed by atoms with Gasteiger partial charge in [-0.25, -0.2) is 0 Å². The topological polar surface area (TPSA) is 48.1 Å². The van der Waals surface area contributed by atoms with Crippen molar-refractivity contribution in [1.29, 1.82) is 0 Å². The Hall–Kier alpha value is -1.11. The van der Waals surface area contributed by atoms with E-state index in [4.69, 9.17) is 10.5 Å². The monoisotopic (exact) mass is 470 g/mol. The Morgan fingerprint density at radius 2 is 1.67 bits per heavy atom. The van der Waals surface area contributed by atoms with Gasteiger partial charge in [-0.05, 0) is 52.3 Å². The molecule has 0 aliphatic rings. The van der Waals surface area contributed by atoms with Gasteiger partial charge in [0.05, 0.1) is 21.9 Å². The number of nitrogens with zero attached hydrogens (tertiary/aromatic N) is 1. The zero-order valence-corrected chi connectivity index (χ0v) is 15.4. The van der Waals surface area contributed by atoms with Crippen molar-refractivity contribution in [3.8, 4) is 11.5 Å². The molecule has 106 valence electrons. The third-order valence-electron chi connectivity index (χ3n) is 2.91. The summed E-state index contributed by atoms with van der Waals surface area (Å²) in [5.74, 6) is 1.29. The number of fused-ring (bicyclic) bond motifs is 1. The fourth-order valence-corrected chi connectivity index (χ4v) is 3.43. The summed E-state index contributed by atoms with van der Waals surface area (Å²) in [4.78, 5) is 4.32. The van der Waals surface area contributed by atoms with Crippen molar-refractivity contribution in [3.05, 3.63) is 56.0 Å². The van der Waals surface area contributed by atoms with Crippen molar-refractivity contribution < 1.29 is 4.74 Å². The van der Waals surface area contributed by atoms with Crippen LogP contribution >= 0.6 is 47.8 Å². The molecule has 0 atom stereocenters. The molecule has 0 bridgehead atoms. The average Bonchev–Trinajstić information content (AvgIpc) is 2.44. The quantitative estimate of drug-likeness (QED) is 0.505. The average molecular weight is 473 g/mol. The highest BCUT2D eigenvalue weighted by molar-refractivity contribution is 9.11. The summed E-state index contributed by atoms with van der Waals surface area (Å²) in [6, 6.07) is 11.5.